The van der Waals surface area contributed by atoms with Gasteiger partial charge in [0, 0.05) is 22.9 Å². The molecule has 0 saturated carbocycles. The molecule has 0 spiro atoms. The Bertz CT molecular complexity index is 729. The van der Waals surface area contributed by atoms with E-state index in [1.165, 1.54) is 40.9 Å². The SMILES string of the molecule is CC(C)(C)NC(=O)C1CSCN1C(=O)C=Cc1ccccc1OC(F)(F)F. The van der Waals surface area contributed by atoms with E-state index in [1.54, 1.807) is 6.07 Å². The van der Waals surface area contributed by atoms with Crippen LogP contribution >= 0.6 is 11.8 Å². The first-order chi connectivity index (χ1) is 12.5. The topological polar surface area (TPSA) is 58.6 Å². The van der Waals surface area contributed by atoms with Gasteiger partial charge in [0.05, 0.1) is 5.88 Å². The van der Waals surface area contributed by atoms with Crippen LogP contribution in [0.5, 0.6) is 5.75 Å². The van der Waals surface area contributed by atoms with E-state index in [0.29, 0.717) is 11.6 Å². The van der Waals surface area contributed by atoms with Gasteiger partial charge in [0.25, 0.3) is 0 Å². The van der Waals surface area contributed by atoms with E-state index in [0.717, 1.165) is 6.08 Å². The number of hydrogen-bond donors (Lipinski definition) is 1. The lowest BCUT2D eigenvalue weighted by Gasteiger charge is -2.27. The number of alkyl halides is 3. The van der Waals surface area contributed by atoms with Gasteiger partial charge in [-0.05, 0) is 32.9 Å². The predicted molar refractivity (Wildman–Crippen MR) is 98.0 cm³/mol. The van der Waals surface area contributed by atoms with Gasteiger partial charge in [-0.2, -0.15) is 0 Å². The Hall–Kier alpha value is -2.16. The highest BCUT2D eigenvalue weighted by atomic mass is 32.2. The summed E-state index contributed by atoms with van der Waals surface area (Å²) in [5.74, 6) is -0.292. The van der Waals surface area contributed by atoms with Gasteiger partial charge in [-0.15, -0.1) is 24.9 Å². The second kappa shape index (κ2) is 8.24. The molecule has 1 aromatic carbocycles. The van der Waals surface area contributed by atoms with Crippen LogP contribution in [-0.2, 0) is 9.59 Å². The van der Waals surface area contributed by atoms with Crippen molar-refractivity contribution in [3.8, 4) is 5.75 Å². The van der Waals surface area contributed by atoms with Crippen LogP contribution in [0, 0.1) is 0 Å². The molecule has 5 nitrogen and oxygen atoms in total. The molecule has 2 rings (SSSR count). The number of nitrogens with one attached hydrogen (secondary N) is 1. The first-order valence-electron chi connectivity index (χ1n) is 8.19. The lowest BCUT2D eigenvalue weighted by atomic mass is 10.1. The van der Waals surface area contributed by atoms with Crippen molar-refractivity contribution < 1.29 is 27.5 Å². The highest BCUT2D eigenvalue weighted by Crippen LogP contribution is 2.27. The highest BCUT2D eigenvalue weighted by molar-refractivity contribution is 7.99. The van der Waals surface area contributed by atoms with Crippen molar-refractivity contribution in [2.45, 2.75) is 38.7 Å². The van der Waals surface area contributed by atoms with Gasteiger partial charge >= 0.3 is 6.36 Å². The average Bonchev–Trinajstić information content (AvgIpc) is 3.00. The summed E-state index contributed by atoms with van der Waals surface area (Å²) in [7, 11) is 0. The zero-order valence-corrected chi connectivity index (χ0v) is 16.0. The maximum Gasteiger partial charge on any atom is 0.573 e. The standard InChI is InChI=1S/C18H21F3N2O3S/c1-17(2,3)22-16(25)13-10-27-11-23(13)15(24)9-8-12-6-4-5-7-14(12)26-18(19,20)21/h4-9,13H,10-11H2,1-3H3,(H,22,25). The van der Waals surface area contributed by atoms with Crippen molar-refractivity contribution in [2.75, 3.05) is 11.6 Å². The van der Waals surface area contributed by atoms with Crippen LogP contribution in [0.3, 0.4) is 0 Å². The minimum atomic E-state index is -4.82. The number of rotatable bonds is 4. The summed E-state index contributed by atoms with van der Waals surface area (Å²) < 4.78 is 41.4. The fourth-order valence-electron chi connectivity index (χ4n) is 2.42. The number of thioether (sulfide) groups is 1. The molecule has 0 bridgehead atoms. The van der Waals surface area contributed by atoms with Crippen LogP contribution in [0.4, 0.5) is 13.2 Å². The Morgan fingerprint density at radius 3 is 2.56 bits per heavy atom. The van der Waals surface area contributed by atoms with E-state index in [2.05, 4.69) is 10.1 Å². The van der Waals surface area contributed by atoms with Crippen molar-refractivity contribution in [1.82, 2.24) is 10.2 Å². The molecule has 0 aromatic heterocycles. The van der Waals surface area contributed by atoms with Crippen LogP contribution in [0.15, 0.2) is 30.3 Å². The molecule has 1 fully saturated rings. The molecular weight excluding hydrogens is 381 g/mol. The van der Waals surface area contributed by atoms with Crippen molar-refractivity contribution in [2.24, 2.45) is 0 Å². The Morgan fingerprint density at radius 1 is 1.26 bits per heavy atom. The number of para-hydroxylation sites is 1. The Labute approximate surface area is 159 Å². The first-order valence-corrected chi connectivity index (χ1v) is 9.35. The number of nitrogens with zero attached hydrogens (tertiary/aromatic N) is 1. The molecule has 1 aliphatic heterocycles. The molecule has 1 saturated heterocycles. The molecule has 1 heterocycles. The van der Waals surface area contributed by atoms with Crippen LogP contribution in [0.25, 0.3) is 6.08 Å². The van der Waals surface area contributed by atoms with E-state index in [1.807, 2.05) is 20.8 Å². The number of benzene rings is 1. The summed E-state index contributed by atoms with van der Waals surface area (Å²) in [6.07, 6.45) is -2.41. The lowest BCUT2D eigenvalue weighted by Crippen LogP contribution is -2.52. The Morgan fingerprint density at radius 2 is 1.93 bits per heavy atom. The van der Waals surface area contributed by atoms with E-state index in [9.17, 15) is 22.8 Å². The molecule has 0 radical (unpaired) electrons. The summed E-state index contributed by atoms with van der Waals surface area (Å²) in [4.78, 5) is 26.3. The summed E-state index contributed by atoms with van der Waals surface area (Å²) in [6, 6.07) is 4.91. The van der Waals surface area contributed by atoms with E-state index >= 15 is 0 Å². The van der Waals surface area contributed by atoms with Gasteiger partial charge < -0.3 is 15.0 Å². The van der Waals surface area contributed by atoms with Gasteiger partial charge in [-0.25, -0.2) is 0 Å². The van der Waals surface area contributed by atoms with E-state index in [4.69, 9.17) is 0 Å². The van der Waals surface area contributed by atoms with Gasteiger partial charge in [0.1, 0.15) is 11.8 Å². The van der Waals surface area contributed by atoms with Crippen molar-refractivity contribution >= 4 is 29.7 Å². The Balaban J connectivity index is 2.11. The second-order valence-corrected chi connectivity index (χ2v) is 7.98. The molecule has 1 N–H and O–H groups in total. The fourth-order valence-corrected chi connectivity index (χ4v) is 3.59. The number of carbonyl (C=O) groups is 2. The predicted octanol–water partition coefficient (Wildman–Crippen LogP) is 3.41. The molecule has 2 amide bonds. The van der Waals surface area contributed by atoms with Gasteiger partial charge in [-0.1, -0.05) is 18.2 Å². The van der Waals surface area contributed by atoms with Crippen molar-refractivity contribution in [3.63, 3.8) is 0 Å². The van der Waals surface area contributed by atoms with Gasteiger partial charge in [0.15, 0.2) is 0 Å². The number of hydrogen-bond acceptors (Lipinski definition) is 4. The molecule has 1 aliphatic rings. The summed E-state index contributed by atoms with van der Waals surface area (Å²) >= 11 is 1.44. The number of halogens is 3. The monoisotopic (exact) mass is 402 g/mol. The fraction of sp³-hybridized carbons (Fsp3) is 0.444. The van der Waals surface area contributed by atoms with Crippen LogP contribution in [-0.4, -0.2) is 46.3 Å². The first kappa shape index (κ1) is 21.1. The summed E-state index contributed by atoms with van der Waals surface area (Å²) in [5.41, 5.74) is -0.311. The van der Waals surface area contributed by atoms with Crippen LogP contribution in [0.2, 0.25) is 0 Å². The minimum Gasteiger partial charge on any atom is -0.405 e. The molecule has 148 valence electrons. The van der Waals surface area contributed by atoms with Gasteiger partial charge in [-0.3, -0.25) is 9.59 Å². The zero-order chi connectivity index (χ0) is 20.2. The third-order valence-electron chi connectivity index (χ3n) is 3.52. The third-order valence-corrected chi connectivity index (χ3v) is 4.53. The minimum absolute atomic E-state index is 0.116. The number of amides is 2. The number of carbonyl (C=O) groups excluding carboxylic acids is 2. The van der Waals surface area contributed by atoms with Crippen molar-refractivity contribution in [1.29, 1.82) is 0 Å². The smallest absolute Gasteiger partial charge is 0.405 e. The van der Waals surface area contributed by atoms with Gasteiger partial charge in [0.2, 0.25) is 11.8 Å². The summed E-state index contributed by atoms with van der Waals surface area (Å²) in [5, 5.41) is 2.84. The molecule has 0 aliphatic carbocycles. The maximum absolute atomic E-state index is 12.5. The largest absolute Gasteiger partial charge is 0.573 e. The maximum atomic E-state index is 12.5. The molecule has 9 heteroatoms. The zero-order valence-electron chi connectivity index (χ0n) is 15.2. The third kappa shape index (κ3) is 6.50. The lowest BCUT2D eigenvalue weighted by molar-refractivity contribution is -0.274. The number of ether oxygens (including phenoxy) is 1. The average molecular weight is 402 g/mol. The Kier molecular flexibility index (Phi) is 6.46. The van der Waals surface area contributed by atoms with Crippen molar-refractivity contribution in [3.05, 3.63) is 35.9 Å². The normalized spacial score (nSPS) is 18.0. The highest BCUT2D eigenvalue weighted by Gasteiger charge is 2.35. The van der Waals surface area contributed by atoms with E-state index in [-0.39, 0.29) is 11.5 Å². The van der Waals surface area contributed by atoms with E-state index < -0.39 is 29.6 Å². The molecule has 27 heavy (non-hydrogen) atoms. The molecule has 1 aromatic rings. The summed E-state index contributed by atoms with van der Waals surface area (Å²) in [6.45, 7) is 5.53. The quantitative estimate of drug-likeness (QED) is 0.785. The molecule has 1 atom stereocenters. The molecular formula is C18H21F3N2O3S. The van der Waals surface area contributed by atoms with Crippen LogP contribution in [0.1, 0.15) is 26.3 Å². The second-order valence-electron chi connectivity index (χ2n) is 6.98. The molecule has 1 unspecified atom stereocenters. The van der Waals surface area contributed by atoms with Crippen LogP contribution < -0.4 is 10.1 Å².